The predicted molar refractivity (Wildman–Crippen MR) is 92.5 cm³/mol. The number of ether oxygens (including phenoxy) is 1. The molecule has 6 nitrogen and oxygen atoms in total. The van der Waals surface area contributed by atoms with Gasteiger partial charge in [0.05, 0.1) is 11.1 Å². The molecule has 128 valence electrons. The highest BCUT2D eigenvalue weighted by molar-refractivity contribution is 6.20. The van der Waals surface area contributed by atoms with Gasteiger partial charge >= 0.3 is 5.97 Å². The molecule has 0 atom stereocenters. The lowest BCUT2D eigenvalue weighted by molar-refractivity contribution is -0.170. The summed E-state index contributed by atoms with van der Waals surface area (Å²) in [5, 5.41) is 2.49. The van der Waals surface area contributed by atoms with Crippen molar-refractivity contribution < 1.29 is 24.0 Å². The molecule has 4 rings (SSSR count). The zero-order chi connectivity index (χ0) is 18.1. The minimum absolute atomic E-state index is 0.209. The van der Waals surface area contributed by atoms with Gasteiger partial charge in [-0.3, -0.25) is 9.59 Å². The normalized spacial score (nSPS) is 13.0. The number of nitrogens with zero attached hydrogens (tertiary/aromatic N) is 1. The molecule has 1 aliphatic heterocycles. The molecule has 0 spiro atoms. The Hall–Kier alpha value is -3.67. The van der Waals surface area contributed by atoms with Crippen LogP contribution in [0.4, 0.5) is 0 Å². The van der Waals surface area contributed by atoms with Gasteiger partial charge in [0.1, 0.15) is 5.75 Å². The van der Waals surface area contributed by atoms with Gasteiger partial charge in [-0.1, -0.05) is 47.5 Å². The second-order valence-corrected chi connectivity index (χ2v) is 5.71. The molecule has 0 radical (unpaired) electrons. The molecule has 0 bridgehead atoms. The van der Waals surface area contributed by atoms with Crippen molar-refractivity contribution >= 4 is 28.6 Å². The van der Waals surface area contributed by atoms with Crippen molar-refractivity contribution in [2.75, 3.05) is 6.61 Å². The Labute approximate surface area is 148 Å². The van der Waals surface area contributed by atoms with Gasteiger partial charge in [-0.05, 0) is 35.0 Å². The maximum absolute atomic E-state index is 12.2. The lowest BCUT2D eigenvalue weighted by atomic mass is 10.1. The summed E-state index contributed by atoms with van der Waals surface area (Å²) in [6.07, 6.45) is 0. The summed E-state index contributed by atoms with van der Waals surface area (Å²) in [4.78, 5) is 41.2. The first-order valence-electron chi connectivity index (χ1n) is 7.94. The van der Waals surface area contributed by atoms with Gasteiger partial charge in [0.2, 0.25) is 0 Å². The number of amides is 2. The first kappa shape index (κ1) is 15.8. The zero-order valence-electron chi connectivity index (χ0n) is 13.5. The van der Waals surface area contributed by atoms with E-state index in [2.05, 4.69) is 0 Å². The summed E-state index contributed by atoms with van der Waals surface area (Å²) < 4.78 is 5.41. The summed E-state index contributed by atoms with van der Waals surface area (Å²) >= 11 is 0. The summed E-state index contributed by atoms with van der Waals surface area (Å²) in [5.74, 6) is -1.68. The lowest BCUT2D eigenvalue weighted by Gasteiger charge is -2.13. The summed E-state index contributed by atoms with van der Waals surface area (Å²) in [5.41, 5.74) is 0.418. The van der Waals surface area contributed by atoms with Crippen molar-refractivity contribution in [1.29, 1.82) is 0 Å². The smallest absolute Gasteiger partial charge is 0.370 e. The van der Waals surface area contributed by atoms with E-state index in [1.165, 1.54) is 12.1 Å². The van der Waals surface area contributed by atoms with E-state index in [9.17, 15) is 14.4 Å². The van der Waals surface area contributed by atoms with E-state index < -0.39 is 24.4 Å². The Balaban J connectivity index is 1.41. The van der Waals surface area contributed by atoms with Crippen molar-refractivity contribution in [3.05, 3.63) is 77.9 Å². The second-order valence-electron chi connectivity index (χ2n) is 5.71. The van der Waals surface area contributed by atoms with Crippen LogP contribution in [-0.2, 0) is 9.63 Å². The predicted octanol–water partition coefficient (Wildman–Crippen LogP) is 2.97. The molecule has 3 aromatic carbocycles. The molecular formula is C20H13NO5. The maximum Gasteiger partial charge on any atom is 0.370 e. The number of hydroxylamine groups is 2. The first-order chi connectivity index (χ1) is 12.6. The van der Waals surface area contributed by atoms with Crippen LogP contribution in [0.15, 0.2) is 66.7 Å². The Morgan fingerprint density at radius 1 is 0.808 bits per heavy atom. The minimum atomic E-state index is -0.840. The number of carbonyl (C=O) groups excluding carboxylic acids is 3. The molecular weight excluding hydrogens is 334 g/mol. The highest BCUT2D eigenvalue weighted by Crippen LogP contribution is 2.23. The first-order valence-corrected chi connectivity index (χ1v) is 7.94. The van der Waals surface area contributed by atoms with E-state index in [1.54, 1.807) is 24.3 Å². The molecule has 0 aliphatic carbocycles. The van der Waals surface area contributed by atoms with Gasteiger partial charge < -0.3 is 9.57 Å². The SMILES string of the molecule is O=C(COc1ccc2ccccc2c1)ON1C(=O)c2ccccc2C1=O. The van der Waals surface area contributed by atoms with E-state index >= 15 is 0 Å². The average molecular weight is 347 g/mol. The van der Waals surface area contributed by atoms with Crippen LogP contribution in [0.1, 0.15) is 20.7 Å². The van der Waals surface area contributed by atoms with E-state index in [0.717, 1.165) is 10.8 Å². The summed E-state index contributed by atoms with van der Waals surface area (Å²) in [7, 11) is 0. The number of hydrogen-bond donors (Lipinski definition) is 0. The lowest BCUT2D eigenvalue weighted by Crippen LogP contribution is -2.34. The Morgan fingerprint density at radius 2 is 1.42 bits per heavy atom. The number of carbonyl (C=O) groups is 3. The van der Waals surface area contributed by atoms with Crippen LogP contribution in [0.25, 0.3) is 10.8 Å². The molecule has 1 heterocycles. The molecule has 2 amide bonds. The topological polar surface area (TPSA) is 72.9 Å². The third-order valence-electron chi connectivity index (χ3n) is 4.03. The van der Waals surface area contributed by atoms with Gasteiger partial charge in [-0.25, -0.2) is 4.79 Å². The van der Waals surface area contributed by atoms with E-state index in [4.69, 9.17) is 9.57 Å². The van der Waals surface area contributed by atoms with Gasteiger partial charge in [-0.15, -0.1) is 0 Å². The quantitative estimate of drug-likeness (QED) is 0.679. The molecule has 6 heteroatoms. The van der Waals surface area contributed by atoms with Crippen molar-refractivity contribution in [2.45, 2.75) is 0 Å². The van der Waals surface area contributed by atoms with Crippen LogP contribution in [0.5, 0.6) is 5.75 Å². The number of rotatable bonds is 4. The van der Waals surface area contributed by atoms with Gasteiger partial charge in [0, 0.05) is 0 Å². The van der Waals surface area contributed by atoms with Crippen LogP contribution < -0.4 is 4.74 Å². The van der Waals surface area contributed by atoms with E-state index in [-0.39, 0.29) is 11.1 Å². The molecule has 0 unspecified atom stereocenters. The van der Waals surface area contributed by atoms with Crippen molar-refractivity contribution in [1.82, 2.24) is 5.06 Å². The fraction of sp³-hybridized carbons (Fsp3) is 0.0500. The number of imide groups is 1. The molecule has 0 saturated heterocycles. The average Bonchev–Trinajstić information content (AvgIpc) is 2.91. The monoisotopic (exact) mass is 347 g/mol. The number of benzene rings is 3. The van der Waals surface area contributed by atoms with Crippen molar-refractivity contribution in [2.24, 2.45) is 0 Å². The molecule has 3 aromatic rings. The molecule has 0 saturated carbocycles. The maximum atomic E-state index is 12.2. The Morgan fingerprint density at radius 3 is 2.12 bits per heavy atom. The Bertz CT molecular complexity index is 1010. The van der Waals surface area contributed by atoms with Crippen LogP contribution in [-0.4, -0.2) is 29.5 Å². The third kappa shape index (κ3) is 2.77. The molecule has 0 N–H and O–H groups in total. The van der Waals surface area contributed by atoms with Crippen molar-refractivity contribution in [3.63, 3.8) is 0 Å². The number of fused-ring (bicyclic) bond motifs is 2. The van der Waals surface area contributed by atoms with Crippen LogP contribution >= 0.6 is 0 Å². The largest absolute Gasteiger partial charge is 0.482 e. The molecule has 26 heavy (non-hydrogen) atoms. The standard InChI is InChI=1S/C20H13NO5/c22-18(12-25-15-10-9-13-5-1-2-6-14(13)11-15)26-21-19(23)16-7-3-4-8-17(16)20(21)24/h1-11H,12H2. The molecule has 1 aliphatic rings. The fourth-order valence-electron chi connectivity index (χ4n) is 2.78. The fourth-order valence-corrected chi connectivity index (χ4v) is 2.78. The van der Waals surface area contributed by atoms with Gasteiger partial charge in [-0.2, -0.15) is 0 Å². The molecule has 0 fully saturated rings. The Kier molecular flexibility index (Phi) is 3.85. The van der Waals surface area contributed by atoms with Gasteiger partial charge in [0.15, 0.2) is 6.61 Å². The number of hydrogen-bond acceptors (Lipinski definition) is 5. The molecule has 0 aromatic heterocycles. The van der Waals surface area contributed by atoms with Crippen LogP contribution in [0.3, 0.4) is 0 Å². The summed E-state index contributed by atoms with van der Waals surface area (Å²) in [6, 6.07) is 19.4. The second kappa shape index (κ2) is 6.33. The minimum Gasteiger partial charge on any atom is -0.482 e. The van der Waals surface area contributed by atoms with E-state index in [1.807, 2.05) is 30.3 Å². The van der Waals surface area contributed by atoms with Crippen molar-refractivity contribution in [3.8, 4) is 5.75 Å². The zero-order valence-corrected chi connectivity index (χ0v) is 13.5. The van der Waals surface area contributed by atoms with Gasteiger partial charge in [0.25, 0.3) is 11.8 Å². The van der Waals surface area contributed by atoms with E-state index in [0.29, 0.717) is 10.8 Å². The third-order valence-corrected chi connectivity index (χ3v) is 4.03. The van der Waals surface area contributed by atoms with Crippen LogP contribution in [0, 0.1) is 0 Å². The highest BCUT2D eigenvalue weighted by atomic mass is 16.7. The van der Waals surface area contributed by atoms with Crippen LogP contribution in [0.2, 0.25) is 0 Å². The summed E-state index contributed by atoms with van der Waals surface area (Å²) in [6.45, 7) is -0.425. The highest BCUT2D eigenvalue weighted by Gasteiger charge is 2.38.